The van der Waals surface area contributed by atoms with E-state index in [1.807, 2.05) is 74.0 Å². The molecular weight excluding hydrogens is 546 g/mol. The molecule has 0 bridgehead atoms. The first kappa shape index (κ1) is 28.5. The van der Waals surface area contributed by atoms with Gasteiger partial charge in [-0.3, -0.25) is 4.79 Å². The van der Waals surface area contributed by atoms with Gasteiger partial charge in [-0.15, -0.1) is 0 Å². The number of fused-ring (bicyclic) bond motifs is 5. The van der Waals surface area contributed by atoms with Crippen LogP contribution >= 0.6 is 11.3 Å². The second kappa shape index (κ2) is 11.5. The van der Waals surface area contributed by atoms with Gasteiger partial charge in [0.15, 0.2) is 0 Å². The molecule has 0 aliphatic carbocycles. The molecule has 1 aliphatic heterocycles. The lowest BCUT2D eigenvalue weighted by Gasteiger charge is -2.34. The number of rotatable bonds is 6. The summed E-state index contributed by atoms with van der Waals surface area (Å²) >= 11 is 1.33. The van der Waals surface area contributed by atoms with Crippen LogP contribution in [0.4, 0.5) is 0 Å². The lowest BCUT2D eigenvalue weighted by atomic mass is 9.96. The van der Waals surface area contributed by atoms with Gasteiger partial charge < -0.3 is 19.3 Å². The standard InChI is InChI=1S/C30H35N3O5S2/c1-20-15-33(21(2)17-34)30(35)29-28(25-11-7-8-12-26(25)32(29)4)24-10-6-5-9-22(24)18-38-27(20)16-31(3)40(36,37)23-13-14-39-19-23/h5-14,19-21,27,34H,15-18H2,1-4H3/t20-,21-,27-/m1/s1. The quantitative estimate of drug-likeness (QED) is 0.360. The molecule has 4 aromatic rings. The number of para-hydroxylation sites is 1. The van der Waals surface area contributed by atoms with Crippen molar-refractivity contribution in [1.82, 2.24) is 13.8 Å². The Bertz CT molecular complexity index is 1610. The van der Waals surface area contributed by atoms with Gasteiger partial charge in [0.2, 0.25) is 10.0 Å². The smallest absolute Gasteiger partial charge is 0.271 e. The van der Waals surface area contributed by atoms with Gasteiger partial charge in [0.1, 0.15) is 5.69 Å². The van der Waals surface area contributed by atoms with Gasteiger partial charge in [0, 0.05) is 54.9 Å². The van der Waals surface area contributed by atoms with Crippen LogP contribution < -0.4 is 0 Å². The van der Waals surface area contributed by atoms with Crippen LogP contribution in [-0.4, -0.2) is 72.1 Å². The second-order valence-corrected chi connectivity index (χ2v) is 13.3. The number of aromatic nitrogens is 1. The number of ether oxygens (including phenoxy) is 1. The molecule has 0 unspecified atom stereocenters. The summed E-state index contributed by atoms with van der Waals surface area (Å²) in [7, 11) is -0.236. The summed E-state index contributed by atoms with van der Waals surface area (Å²) in [6, 6.07) is 17.0. The van der Waals surface area contributed by atoms with Crippen LogP contribution in [0.2, 0.25) is 0 Å². The number of hydrogen-bond donors (Lipinski definition) is 1. The van der Waals surface area contributed by atoms with Crippen LogP contribution in [0.25, 0.3) is 22.0 Å². The minimum absolute atomic E-state index is 0.118. The zero-order valence-electron chi connectivity index (χ0n) is 23.1. The Kier molecular flexibility index (Phi) is 8.17. The van der Waals surface area contributed by atoms with E-state index in [1.165, 1.54) is 15.6 Å². The van der Waals surface area contributed by atoms with Crippen LogP contribution in [0.1, 0.15) is 29.9 Å². The zero-order valence-corrected chi connectivity index (χ0v) is 24.8. The number of aliphatic hydroxyl groups excluding tert-OH is 1. The molecule has 1 amide bonds. The molecule has 0 saturated carbocycles. The highest BCUT2D eigenvalue weighted by Gasteiger charge is 2.34. The Morgan fingerprint density at radius 3 is 2.60 bits per heavy atom. The highest BCUT2D eigenvalue weighted by atomic mass is 32.2. The summed E-state index contributed by atoms with van der Waals surface area (Å²) in [4.78, 5) is 16.4. The maximum Gasteiger partial charge on any atom is 0.271 e. The molecule has 3 heterocycles. The van der Waals surface area contributed by atoms with Gasteiger partial charge in [-0.2, -0.15) is 15.6 Å². The molecular formula is C30H35N3O5S2. The summed E-state index contributed by atoms with van der Waals surface area (Å²) in [6.45, 7) is 4.24. The van der Waals surface area contributed by atoms with Gasteiger partial charge in [0.05, 0.1) is 30.3 Å². The fraction of sp³-hybridized carbons (Fsp3) is 0.367. The summed E-state index contributed by atoms with van der Waals surface area (Å²) < 4.78 is 36.2. The van der Waals surface area contributed by atoms with Crippen molar-refractivity contribution >= 4 is 38.2 Å². The molecule has 8 nitrogen and oxygen atoms in total. The Morgan fingerprint density at radius 1 is 1.15 bits per heavy atom. The molecule has 0 spiro atoms. The van der Waals surface area contributed by atoms with Gasteiger partial charge in [-0.05, 0) is 35.6 Å². The third kappa shape index (κ3) is 5.10. The highest BCUT2D eigenvalue weighted by molar-refractivity contribution is 7.89. The van der Waals surface area contributed by atoms with Crippen molar-refractivity contribution in [3.05, 3.63) is 76.6 Å². The Labute approximate surface area is 239 Å². The number of aryl methyl sites for hydroxylation is 1. The predicted molar refractivity (Wildman–Crippen MR) is 158 cm³/mol. The molecule has 2 aromatic carbocycles. The number of carbonyl (C=O) groups is 1. The predicted octanol–water partition coefficient (Wildman–Crippen LogP) is 4.59. The van der Waals surface area contributed by atoms with E-state index in [0.29, 0.717) is 5.69 Å². The van der Waals surface area contributed by atoms with E-state index in [1.54, 1.807) is 28.8 Å². The maximum absolute atomic E-state index is 14.4. The molecule has 2 aromatic heterocycles. The summed E-state index contributed by atoms with van der Waals surface area (Å²) in [5, 5.41) is 14.5. The Morgan fingerprint density at radius 2 is 1.88 bits per heavy atom. The van der Waals surface area contributed by atoms with E-state index in [0.717, 1.165) is 27.6 Å². The van der Waals surface area contributed by atoms with E-state index in [9.17, 15) is 18.3 Å². The summed E-state index contributed by atoms with van der Waals surface area (Å²) in [6.07, 6.45) is -0.509. The van der Waals surface area contributed by atoms with Crippen molar-refractivity contribution in [2.75, 3.05) is 26.7 Å². The average Bonchev–Trinajstić information content (AvgIpc) is 3.60. The summed E-state index contributed by atoms with van der Waals surface area (Å²) in [5.74, 6) is -0.418. The molecule has 0 fully saturated rings. The van der Waals surface area contributed by atoms with Crippen molar-refractivity contribution in [3.63, 3.8) is 0 Å². The molecule has 0 radical (unpaired) electrons. The normalized spacial score (nSPS) is 19.4. The summed E-state index contributed by atoms with van der Waals surface area (Å²) in [5.41, 5.74) is 4.14. The van der Waals surface area contributed by atoms with Crippen LogP contribution in [0.15, 0.2) is 70.3 Å². The third-order valence-electron chi connectivity index (χ3n) is 7.87. The van der Waals surface area contributed by atoms with Crippen molar-refractivity contribution < 1.29 is 23.1 Å². The molecule has 1 aliphatic rings. The maximum atomic E-state index is 14.4. The van der Waals surface area contributed by atoms with E-state index >= 15 is 0 Å². The fourth-order valence-corrected chi connectivity index (χ4v) is 7.65. The van der Waals surface area contributed by atoms with Gasteiger partial charge >= 0.3 is 0 Å². The first-order chi connectivity index (χ1) is 19.1. The number of benzene rings is 2. The van der Waals surface area contributed by atoms with Crippen LogP contribution in [0, 0.1) is 5.92 Å². The molecule has 3 atom stereocenters. The number of carbonyl (C=O) groups excluding carboxylic acids is 1. The number of sulfonamides is 1. The van der Waals surface area contributed by atoms with E-state index in [-0.39, 0.29) is 43.0 Å². The molecule has 40 heavy (non-hydrogen) atoms. The van der Waals surface area contributed by atoms with E-state index in [2.05, 4.69) is 0 Å². The second-order valence-electron chi connectivity index (χ2n) is 10.5. The lowest BCUT2D eigenvalue weighted by Crippen LogP contribution is -2.48. The number of likely N-dealkylation sites (N-methyl/N-ethyl adjacent to an activating group) is 1. The van der Waals surface area contributed by atoms with E-state index in [4.69, 9.17) is 4.74 Å². The van der Waals surface area contributed by atoms with Gasteiger partial charge in [-0.25, -0.2) is 8.42 Å². The fourth-order valence-electron chi connectivity index (χ4n) is 5.46. The minimum Gasteiger partial charge on any atom is -0.394 e. The molecule has 10 heteroatoms. The minimum atomic E-state index is -3.69. The SMILES string of the molecule is C[C@@H]1CN([C@H](C)CO)C(=O)c2c(c3ccccc3n2C)-c2ccccc2CO[C@@H]1CN(C)S(=O)(=O)c1ccsc1. The van der Waals surface area contributed by atoms with Crippen LogP contribution in [-0.2, 0) is 28.4 Å². The van der Waals surface area contributed by atoms with Crippen LogP contribution in [0.3, 0.4) is 0 Å². The lowest BCUT2D eigenvalue weighted by molar-refractivity contribution is -0.0147. The topological polar surface area (TPSA) is 92.1 Å². The highest BCUT2D eigenvalue weighted by Crippen LogP contribution is 2.38. The van der Waals surface area contributed by atoms with Crippen molar-refractivity contribution in [3.8, 4) is 11.1 Å². The van der Waals surface area contributed by atoms with E-state index < -0.39 is 22.2 Å². The molecule has 1 N–H and O–H groups in total. The molecule has 0 saturated heterocycles. The number of hydrogen-bond acceptors (Lipinski definition) is 6. The largest absolute Gasteiger partial charge is 0.394 e. The number of nitrogens with zero attached hydrogens (tertiary/aromatic N) is 3. The average molecular weight is 582 g/mol. The Hall–Kier alpha value is -3.02. The van der Waals surface area contributed by atoms with Gasteiger partial charge in [0.25, 0.3) is 5.91 Å². The van der Waals surface area contributed by atoms with Crippen molar-refractivity contribution in [2.45, 2.75) is 37.5 Å². The van der Waals surface area contributed by atoms with Crippen molar-refractivity contribution in [1.29, 1.82) is 0 Å². The van der Waals surface area contributed by atoms with Gasteiger partial charge in [-0.1, -0.05) is 49.4 Å². The molecule has 212 valence electrons. The number of thiophene rings is 1. The molecule has 5 rings (SSSR count). The zero-order chi connectivity index (χ0) is 28.6. The monoisotopic (exact) mass is 581 g/mol. The first-order valence-electron chi connectivity index (χ1n) is 13.3. The number of aliphatic hydroxyl groups is 1. The van der Waals surface area contributed by atoms with Crippen molar-refractivity contribution in [2.24, 2.45) is 13.0 Å². The number of amides is 1. The Balaban J connectivity index is 1.63. The third-order valence-corrected chi connectivity index (χ3v) is 10.5. The van der Waals surface area contributed by atoms with Crippen LogP contribution in [0.5, 0.6) is 0 Å². The first-order valence-corrected chi connectivity index (χ1v) is 15.7.